The second-order valence-corrected chi connectivity index (χ2v) is 2.31. The second-order valence-electron chi connectivity index (χ2n) is 2.31. The summed E-state index contributed by atoms with van der Waals surface area (Å²) in [5, 5.41) is 35.1. The predicted octanol–water partition coefficient (Wildman–Crippen LogP) is 0.668. The summed E-state index contributed by atoms with van der Waals surface area (Å²) in [5.74, 6) is -2.40. The summed E-state index contributed by atoms with van der Waals surface area (Å²) in [6.45, 7) is 0. The number of nitrogens with zero attached hydrogens (tertiary/aromatic N) is 1. The average molecular weight is 179 g/mol. The van der Waals surface area contributed by atoms with Crippen LogP contribution in [-0.2, 0) is 0 Å². The Kier molecular flexibility index (Phi) is 2.07. The van der Waals surface area contributed by atoms with E-state index in [4.69, 9.17) is 20.6 Å². The monoisotopic (exact) mass is 179 g/mol. The van der Waals surface area contributed by atoms with E-state index in [0.717, 1.165) is 12.1 Å². The predicted molar refractivity (Wildman–Crippen MR) is 41.4 cm³/mol. The number of nitriles is 1. The van der Waals surface area contributed by atoms with Gasteiger partial charge in [0.25, 0.3) is 0 Å². The first-order chi connectivity index (χ1) is 6.06. The van der Waals surface area contributed by atoms with Crippen molar-refractivity contribution in [2.24, 2.45) is 0 Å². The van der Waals surface area contributed by atoms with E-state index in [0.29, 0.717) is 0 Å². The van der Waals surface area contributed by atoms with Crippen molar-refractivity contribution >= 4 is 5.97 Å². The number of phenols is 2. The van der Waals surface area contributed by atoms with Gasteiger partial charge in [0, 0.05) is 6.07 Å². The molecule has 1 aromatic rings. The van der Waals surface area contributed by atoms with Crippen LogP contribution >= 0.6 is 0 Å². The number of carbonyl (C=O) groups is 1. The Morgan fingerprint density at radius 2 is 2.00 bits per heavy atom. The number of carboxylic acid groups (broad SMARTS) is 1. The molecule has 0 aliphatic rings. The Balaban J connectivity index is 3.47. The maximum absolute atomic E-state index is 10.5. The van der Waals surface area contributed by atoms with Gasteiger partial charge in [0.15, 0.2) is 0 Å². The number of carboxylic acids is 1. The van der Waals surface area contributed by atoms with Crippen molar-refractivity contribution < 1.29 is 20.1 Å². The Morgan fingerprint density at radius 1 is 1.38 bits per heavy atom. The van der Waals surface area contributed by atoms with Crippen molar-refractivity contribution in [1.82, 2.24) is 0 Å². The minimum Gasteiger partial charge on any atom is -0.508 e. The van der Waals surface area contributed by atoms with Crippen molar-refractivity contribution in [1.29, 1.82) is 5.26 Å². The summed E-state index contributed by atoms with van der Waals surface area (Å²) in [6.07, 6.45) is 0. The third-order valence-corrected chi connectivity index (χ3v) is 1.45. The van der Waals surface area contributed by atoms with Crippen molar-refractivity contribution in [3.8, 4) is 17.6 Å². The fourth-order valence-corrected chi connectivity index (χ4v) is 0.867. The lowest BCUT2D eigenvalue weighted by molar-refractivity contribution is 0.0693. The Bertz CT molecular complexity index is 405. The topological polar surface area (TPSA) is 102 Å². The number of aromatic carboxylic acids is 1. The van der Waals surface area contributed by atoms with Gasteiger partial charge in [-0.3, -0.25) is 0 Å². The molecule has 66 valence electrons. The third kappa shape index (κ3) is 1.51. The molecule has 1 rings (SSSR count). The molecular formula is C8H5NO4. The van der Waals surface area contributed by atoms with E-state index in [1.807, 2.05) is 0 Å². The largest absolute Gasteiger partial charge is 0.508 e. The molecule has 0 fully saturated rings. The molecule has 0 aromatic heterocycles. The van der Waals surface area contributed by atoms with Crippen molar-refractivity contribution in [2.45, 2.75) is 0 Å². The fraction of sp³-hybridized carbons (Fsp3) is 0. The van der Waals surface area contributed by atoms with Crippen LogP contribution in [0.5, 0.6) is 11.5 Å². The molecule has 1 aromatic carbocycles. The summed E-state index contributed by atoms with van der Waals surface area (Å²) < 4.78 is 0. The van der Waals surface area contributed by atoms with E-state index in [1.54, 1.807) is 6.07 Å². The molecule has 5 heteroatoms. The zero-order valence-electron chi connectivity index (χ0n) is 6.35. The van der Waals surface area contributed by atoms with Gasteiger partial charge in [-0.1, -0.05) is 0 Å². The minimum absolute atomic E-state index is 0.266. The highest BCUT2D eigenvalue weighted by molar-refractivity contribution is 5.92. The lowest BCUT2D eigenvalue weighted by atomic mass is 10.1. The summed E-state index contributed by atoms with van der Waals surface area (Å²) in [4.78, 5) is 10.5. The van der Waals surface area contributed by atoms with Gasteiger partial charge in [0.05, 0.1) is 5.56 Å². The molecule has 0 radical (unpaired) electrons. The first-order valence-corrected chi connectivity index (χ1v) is 3.25. The molecule has 0 aliphatic carbocycles. The zero-order valence-corrected chi connectivity index (χ0v) is 6.35. The molecule has 0 aliphatic heterocycles. The number of hydrogen-bond acceptors (Lipinski definition) is 4. The molecule has 0 atom stereocenters. The van der Waals surface area contributed by atoms with E-state index in [1.165, 1.54) is 0 Å². The molecular weight excluding hydrogens is 174 g/mol. The van der Waals surface area contributed by atoms with Crippen LogP contribution in [0, 0.1) is 11.3 Å². The van der Waals surface area contributed by atoms with Gasteiger partial charge in [-0.25, -0.2) is 4.79 Å². The molecule has 0 amide bonds. The third-order valence-electron chi connectivity index (χ3n) is 1.45. The minimum atomic E-state index is -1.40. The molecule has 0 bridgehead atoms. The summed E-state index contributed by atoms with van der Waals surface area (Å²) in [7, 11) is 0. The maximum Gasteiger partial charge on any atom is 0.339 e. The van der Waals surface area contributed by atoms with Crippen molar-refractivity contribution in [3.05, 3.63) is 23.3 Å². The molecule has 0 unspecified atom stereocenters. The van der Waals surface area contributed by atoms with Crippen LogP contribution in [0.2, 0.25) is 0 Å². The van der Waals surface area contributed by atoms with Crippen LogP contribution < -0.4 is 0 Å². The van der Waals surface area contributed by atoms with Gasteiger partial charge in [0.1, 0.15) is 23.1 Å². The Morgan fingerprint density at radius 3 is 2.46 bits per heavy atom. The smallest absolute Gasteiger partial charge is 0.339 e. The van der Waals surface area contributed by atoms with E-state index >= 15 is 0 Å². The van der Waals surface area contributed by atoms with Gasteiger partial charge in [-0.15, -0.1) is 0 Å². The number of aromatic hydroxyl groups is 2. The summed E-state index contributed by atoms with van der Waals surface area (Å²) in [5.41, 5.74) is -0.756. The van der Waals surface area contributed by atoms with Crippen molar-refractivity contribution in [3.63, 3.8) is 0 Å². The molecule has 0 saturated heterocycles. The number of phenolic OH excluding ortho intramolecular Hbond substituents is 1. The van der Waals surface area contributed by atoms with Crippen LogP contribution in [0.25, 0.3) is 0 Å². The number of hydrogen-bond donors (Lipinski definition) is 3. The van der Waals surface area contributed by atoms with E-state index in [-0.39, 0.29) is 11.3 Å². The number of benzene rings is 1. The lowest BCUT2D eigenvalue weighted by Gasteiger charge is -2.01. The van der Waals surface area contributed by atoms with Gasteiger partial charge < -0.3 is 15.3 Å². The van der Waals surface area contributed by atoms with Gasteiger partial charge in [-0.05, 0) is 6.07 Å². The molecule has 0 heterocycles. The average Bonchev–Trinajstić information content (AvgIpc) is 2.08. The highest BCUT2D eigenvalue weighted by atomic mass is 16.4. The molecule has 3 N–H and O–H groups in total. The normalized spacial score (nSPS) is 9.15. The highest BCUT2D eigenvalue weighted by Gasteiger charge is 2.14. The molecule has 5 nitrogen and oxygen atoms in total. The summed E-state index contributed by atoms with van der Waals surface area (Å²) in [6, 6.07) is 3.42. The Labute approximate surface area is 73.1 Å². The van der Waals surface area contributed by atoms with Gasteiger partial charge in [-0.2, -0.15) is 5.26 Å². The first-order valence-electron chi connectivity index (χ1n) is 3.25. The first kappa shape index (κ1) is 8.87. The van der Waals surface area contributed by atoms with Gasteiger partial charge >= 0.3 is 5.97 Å². The SMILES string of the molecule is N#Cc1cc(O)cc(C(=O)O)c1O. The molecule has 0 spiro atoms. The van der Waals surface area contributed by atoms with Crippen LogP contribution in [0.4, 0.5) is 0 Å². The molecule has 13 heavy (non-hydrogen) atoms. The fourth-order valence-electron chi connectivity index (χ4n) is 0.867. The molecule has 0 saturated carbocycles. The van der Waals surface area contributed by atoms with Crippen molar-refractivity contribution in [2.75, 3.05) is 0 Å². The summed E-state index contributed by atoms with van der Waals surface area (Å²) >= 11 is 0. The zero-order chi connectivity index (χ0) is 10.0. The van der Waals surface area contributed by atoms with E-state index < -0.39 is 17.3 Å². The van der Waals surface area contributed by atoms with Crippen LogP contribution in [0.1, 0.15) is 15.9 Å². The standard InChI is InChI=1S/C8H5NO4/c9-3-4-1-5(10)2-6(7(4)11)8(12)13/h1-2,10-11H,(H,12,13). The van der Waals surface area contributed by atoms with E-state index in [9.17, 15) is 4.79 Å². The van der Waals surface area contributed by atoms with Crippen LogP contribution in [0.3, 0.4) is 0 Å². The van der Waals surface area contributed by atoms with E-state index in [2.05, 4.69) is 0 Å². The highest BCUT2D eigenvalue weighted by Crippen LogP contribution is 2.26. The number of rotatable bonds is 1. The quantitative estimate of drug-likeness (QED) is 0.550. The van der Waals surface area contributed by atoms with Gasteiger partial charge in [0.2, 0.25) is 0 Å². The lowest BCUT2D eigenvalue weighted by Crippen LogP contribution is -1.97. The Hall–Kier alpha value is -2.22. The van der Waals surface area contributed by atoms with Crippen LogP contribution in [-0.4, -0.2) is 21.3 Å². The maximum atomic E-state index is 10.5. The van der Waals surface area contributed by atoms with Crippen LogP contribution in [0.15, 0.2) is 12.1 Å². The second kappa shape index (κ2) is 3.03.